The molecule has 1 spiro atoms. The Balaban J connectivity index is 1.27. The van der Waals surface area contributed by atoms with Gasteiger partial charge >= 0.3 is 0 Å². The summed E-state index contributed by atoms with van der Waals surface area (Å²) in [4.78, 5) is 22.4. The van der Waals surface area contributed by atoms with Crippen LogP contribution >= 0.6 is 0 Å². The first-order valence-electron chi connectivity index (χ1n) is 10.8. The lowest BCUT2D eigenvalue weighted by Gasteiger charge is -2.43. The Kier molecular flexibility index (Phi) is 3.90. The molecule has 3 saturated heterocycles. The molecular weight excluding hydrogens is 378 g/mol. The van der Waals surface area contributed by atoms with Gasteiger partial charge in [-0.1, -0.05) is 30.3 Å². The van der Waals surface area contributed by atoms with Crippen LogP contribution in [0.2, 0.25) is 0 Å². The molecule has 5 heterocycles. The van der Waals surface area contributed by atoms with Crippen molar-refractivity contribution in [2.45, 2.75) is 56.5 Å². The number of hydrogen-bond acceptors (Lipinski definition) is 5. The van der Waals surface area contributed by atoms with Gasteiger partial charge in [-0.25, -0.2) is 4.98 Å². The van der Waals surface area contributed by atoms with E-state index in [4.69, 9.17) is 4.74 Å². The molecule has 0 aliphatic carbocycles. The Hall–Kier alpha value is -2.93. The summed E-state index contributed by atoms with van der Waals surface area (Å²) in [5.74, 6) is 1.18. The maximum Gasteiger partial charge on any atom is 0.257 e. The van der Waals surface area contributed by atoms with Crippen molar-refractivity contribution < 1.29 is 9.53 Å². The molecule has 3 fully saturated rings. The smallest absolute Gasteiger partial charge is 0.257 e. The van der Waals surface area contributed by atoms with Gasteiger partial charge in [0.1, 0.15) is 12.0 Å². The van der Waals surface area contributed by atoms with Crippen LogP contribution in [0.1, 0.15) is 44.2 Å². The highest BCUT2D eigenvalue weighted by atomic mass is 16.6. The second kappa shape index (κ2) is 6.54. The van der Waals surface area contributed by atoms with Crippen LogP contribution in [0, 0.1) is 0 Å². The van der Waals surface area contributed by atoms with Crippen molar-refractivity contribution in [1.82, 2.24) is 19.5 Å². The number of ether oxygens (including phenoxy) is 1. The van der Waals surface area contributed by atoms with Gasteiger partial charge in [0.2, 0.25) is 0 Å². The lowest BCUT2D eigenvalue weighted by atomic mass is 9.85. The highest BCUT2D eigenvalue weighted by molar-refractivity contribution is 5.88. The van der Waals surface area contributed by atoms with Gasteiger partial charge in [-0.3, -0.25) is 4.79 Å². The van der Waals surface area contributed by atoms with Gasteiger partial charge in [0.15, 0.2) is 11.2 Å². The van der Waals surface area contributed by atoms with Crippen molar-refractivity contribution in [3.8, 4) is 0 Å². The fourth-order valence-electron chi connectivity index (χ4n) is 5.61. The van der Waals surface area contributed by atoms with Crippen molar-refractivity contribution in [2.75, 3.05) is 11.4 Å². The van der Waals surface area contributed by atoms with E-state index in [1.165, 1.54) is 5.56 Å². The summed E-state index contributed by atoms with van der Waals surface area (Å²) in [7, 11) is 0. The van der Waals surface area contributed by atoms with Crippen LogP contribution in [-0.2, 0) is 9.53 Å². The van der Waals surface area contributed by atoms with Crippen molar-refractivity contribution >= 4 is 17.4 Å². The fourth-order valence-corrected chi connectivity index (χ4v) is 5.61. The van der Waals surface area contributed by atoms with Crippen molar-refractivity contribution in [1.29, 1.82) is 0 Å². The SMILES string of the molecule is CC1C[C@@]2(CCN1c1ccnc3ccnn13)O[C@@H]1CC[C@@H](c3ccccc3)N1C2=O. The zero-order valence-corrected chi connectivity index (χ0v) is 17.0. The normalized spacial score (nSPS) is 31.1. The van der Waals surface area contributed by atoms with E-state index in [2.05, 4.69) is 34.0 Å². The van der Waals surface area contributed by atoms with Crippen LogP contribution in [0.25, 0.3) is 5.65 Å². The Morgan fingerprint density at radius 1 is 1.10 bits per heavy atom. The summed E-state index contributed by atoms with van der Waals surface area (Å²) >= 11 is 0. The first kappa shape index (κ1) is 17.9. The summed E-state index contributed by atoms with van der Waals surface area (Å²) in [5.41, 5.74) is 1.33. The highest BCUT2D eigenvalue weighted by Crippen LogP contribution is 2.48. The molecule has 0 bridgehead atoms. The lowest BCUT2D eigenvalue weighted by Crippen LogP contribution is -2.54. The highest BCUT2D eigenvalue weighted by Gasteiger charge is 2.59. The molecule has 0 radical (unpaired) electrons. The molecule has 30 heavy (non-hydrogen) atoms. The average molecular weight is 403 g/mol. The standard InChI is InChI=1S/C23H25N5O2/c1-16-15-23(11-14-26(16)20-10-12-24-19-9-13-25-28(19)20)22(29)27-18(7-8-21(27)30-23)17-5-3-2-4-6-17/h2-6,9-10,12-13,16,18,21H,7-8,11,14-15H2,1H3/t16?,18-,21+,23+/m0/s1. The largest absolute Gasteiger partial charge is 0.353 e. The number of piperidine rings is 1. The van der Waals surface area contributed by atoms with Crippen LogP contribution in [-0.4, -0.2) is 49.8 Å². The maximum atomic E-state index is 13.7. The van der Waals surface area contributed by atoms with Gasteiger partial charge in [0, 0.05) is 37.7 Å². The van der Waals surface area contributed by atoms with E-state index >= 15 is 0 Å². The van der Waals surface area contributed by atoms with Crippen LogP contribution in [0.5, 0.6) is 0 Å². The topological polar surface area (TPSA) is 63.0 Å². The number of carbonyl (C=O) groups is 1. The van der Waals surface area contributed by atoms with E-state index in [-0.39, 0.29) is 24.2 Å². The molecule has 7 heteroatoms. The molecule has 0 saturated carbocycles. The van der Waals surface area contributed by atoms with Crippen LogP contribution in [0.3, 0.4) is 0 Å². The molecule has 3 aromatic rings. The predicted octanol–water partition coefficient (Wildman–Crippen LogP) is 3.18. The zero-order chi connectivity index (χ0) is 20.3. The summed E-state index contributed by atoms with van der Waals surface area (Å²) in [6, 6.07) is 14.5. The van der Waals surface area contributed by atoms with E-state index in [9.17, 15) is 4.79 Å². The molecule has 6 rings (SSSR count). The van der Waals surface area contributed by atoms with Gasteiger partial charge in [-0.05, 0) is 31.4 Å². The van der Waals surface area contributed by atoms with E-state index in [1.807, 2.05) is 45.9 Å². The third-order valence-electron chi connectivity index (χ3n) is 6.98. The number of carbonyl (C=O) groups excluding carboxylic acids is 1. The minimum Gasteiger partial charge on any atom is -0.353 e. The minimum absolute atomic E-state index is 0.0970. The molecule has 1 amide bonds. The van der Waals surface area contributed by atoms with Gasteiger partial charge in [-0.2, -0.15) is 9.61 Å². The van der Waals surface area contributed by atoms with E-state index in [0.29, 0.717) is 12.8 Å². The third kappa shape index (κ3) is 2.51. The monoisotopic (exact) mass is 403 g/mol. The van der Waals surface area contributed by atoms with E-state index < -0.39 is 5.60 Å². The number of rotatable bonds is 2. The van der Waals surface area contributed by atoms with Gasteiger partial charge in [0.05, 0.1) is 12.2 Å². The number of anilines is 1. The number of benzene rings is 1. The van der Waals surface area contributed by atoms with Crippen LogP contribution in [0.4, 0.5) is 5.82 Å². The Labute approximate surface area is 175 Å². The molecule has 1 aromatic carbocycles. The number of aromatic nitrogens is 3. The summed E-state index contributed by atoms with van der Waals surface area (Å²) in [6.07, 6.45) is 6.74. The lowest BCUT2D eigenvalue weighted by molar-refractivity contribution is -0.141. The summed E-state index contributed by atoms with van der Waals surface area (Å²) in [5, 5.41) is 4.43. The number of fused-ring (bicyclic) bond motifs is 2. The minimum atomic E-state index is -0.704. The number of hydrogen-bond donors (Lipinski definition) is 0. The summed E-state index contributed by atoms with van der Waals surface area (Å²) in [6.45, 7) is 2.92. The van der Waals surface area contributed by atoms with Crippen molar-refractivity contribution in [2.24, 2.45) is 0 Å². The first-order chi connectivity index (χ1) is 14.7. The van der Waals surface area contributed by atoms with Gasteiger partial charge < -0.3 is 14.5 Å². The molecule has 3 aliphatic heterocycles. The zero-order valence-electron chi connectivity index (χ0n) is 17.0. The predicted molar refractivity (Wildman–Crippen MR) is 112 cm³/mol. The van der Waals surface area contributed by atoms with Crippen LogP contribution in [0.15, 0.2) is 54.9 Å². The fraction of sp³-hybridized carbons (Fsp3) is 0.435. The number of amides is 1. The Morgan fingerprint density at radius 2 is 1.97 bits per heavy atom. The molecule has 154 valence electrons. The summed E-state index contributed by atoms with van der Waals surface area (Å²) < 4.78 is 8.39. The van der Waals surface area contributed by atoms with Crippen molar-refractivity contribution in [3.63, 3.8) is 0 Å². The first-order valence-corrected chi connectivity index (χ1v) is 10.8. The second-order valence-electron chi connectivity index (χ2n) is 8.68. The van der Waals surface area contributed by atoms with E-state index in [1.54, 1.807) is 6.20 Å². The molecule has 3 aliphatic rings. The molecule has 7 nitrogen and oxygen atoms in total. The molecule has 4 atom stereocenters. The molecule has 0 N–H and O–H groups in total. The van der Waals surface area contributed by atoms with Gasteiger partial charge in [-0.15, -0.1) is 0 Å². The van der Waals surface area contributed by atoms with Crippen molar-refractivity contribution in [3.05, 3.63) is 60.4 Å². The Bertz CT molecular complexity index is 1100. The maximum absolute atomic E-state index is 13.7. The second-order valence-corrected chi connectivity index (χ2v) is 8.68. The average Bonchev–Trinajstić information content (AvgIpc) is 3.46. The van der Waals surface area contributed by atoms with Crippen LogP contribution < -0.4 is 4.90 Å². The van der Waals surface area contributed by atoms with E-state index in [0.717, 1.165) is 30.9 Å². The quantitative estimate of drug-likeness (QED) is 0.658. The number of nitrogens with zero attached hydrogens (tertiary/aromatic N) is 5. The van der Waals surface area contributed by atoms with Gasteiger partial charge in [0.25, 0.3) is 5.91 Å². The third-order valence-corrected chi connectivity index (χ3v) is 6.98. The molecular formula is C23H25N5O2. The molecule has 1 unspecified atom stereocenters. The Morgan fingerprint density at radius 3 is 2.80 bits per heavy atom. The molecule has 2 aromatic heterocycles.